The summed E-state index contributed by atoms with van der Waals surface area (Å²) in [4.78, 5) is 34.4. The first-order valence-corrected chi connectivity index (χ1v) is 5.37. The summed E-state index contributed by atoms with van der Waals surface area (Å²) in [5.41, 5.74) is 0.266. The maximum Gasteiger partial charge on any atom is 0.258 e. The van der Waals surface area contributed by atoms with E-state index in [1.165, 1.54) is 18.2 Å². The lowest BCUT2D eigenvalue weighted by molar-refractivity contribution is -0.255. The number of anilines is 1. The molecular weight excluding hydrogens is 290 g/mol. The van der Waals surface area contributed by atoms with E-state index < -0.39 is 17.8 Å². The molecule has 2 amide bonds. The lowest BCUT2D eigenvalue weighted by atomic mass is 10.2. The Morgan fingerprint density at radius 3 is 2.24 bits per heavy atom. The molecule has 0 fully saturated rings. The minimum Gasteiger partial charge on any atom is -0.545 e. The molecule has 0 unspecified atom stereocenters. The summed E-state index contributed by atoms with van der Waals surface area (Å²) >= 11 is 3.12. The predicted molar refractivity (Wildman–Crippen MR) is 60.1 cm³/mol. The van der Waals surface area contributed by atoms with Gasteiger partial charge in [0, 0.05) is 16.6 Å². The highest BCUT2D eigenvalue weighted by atomic mass is 79.9. The molecule has 5 nitrogen and oxygen atoms in total. The van der Waals surface area contributed by atoms with Crippen molar-refractivity contribution in [1.82, 2.24) is 0 Å². The van der Waals surface area contributed by atoms with E-state index in [-0.39, 0.29) is 5.56 Å². The van der Waals surface area contributed by atoms with Crippen molar-refractivity contribution in [2.75, 3.05) is 4.90 Å². The molecule has 0 atom stereocenters. The molecule has 1 aliphatic heterocycles. The number of carbonyl (C=O) groups is 3. The largest absolute Gasteiger partial charge is 0.545 e. The van der Waals surface area contributed by atoms with E-state index in [1.54, 1.807) is 0 Å². The molecule has 1 heterocycles. The third-order valence-electron chi connectivity index (χ3n) is 2.23. The minimum atomic E-state index is -1.32. The number of imide groups is 1. The molecular formula is C11H5BrNO4-. The van der Waals surface area contributed by atoms with Crippen LogP contribution >= 0.6 is 15.9 Å². The van der Waals surface area contributed by atoms with Crippen LogP contribution in [0.15, 0.2) is 34.8 Å². The molecule has 2 rings (SSSR count). The van der Waals surface area contributed by atoms with Gasteiger partial charge in [0.05, 0.1) is 11.7 Å². The molecule has 1 aromatic carbocycles. The number of rotatable bonds is 2. The second-order valence-corrected chi connectivity index (χ2v) is 4.15. The van der Waals surface area contributed by atoms with Crippen LogP contribution < -0.4 is 10.0 Å². The molecule has 1 aromatic rings. The number of hydrogen-bond acceptors (Lipinski definition) is 4. The van der Waals surface area contributed by atoms with Crippen LogP contribution in [0.4, 0.5) is 5.69 Å². The Balaban J connectivity index is 2.44. The van der Waals surface area contributed by atoms with Crippen LogP contribution in [-0.4, -0.2) is 17.8 Å². The van der Waals surface area contributed by atoms with Crippen LogP contribution in [-0.2, 0) is 9.59 Å². The zero-order valence-corrected chi connectivity index (χ0v) is 9.93. The van der Waals surface area contributed by atoms with Crippen molar-refractivity contribution in [2.24, 2.45) is 0 Å². The van der Waals surface area contributed by atoms with Gasteiger partial charge in [-0.05, 0) is 33.6 Å². The zero-order chi connectivity index (χ0) is 12.6. The number of benzene rings is 1. The van der Waals surface area contributed by atoms with Gasteiger partial charge in [-0.1, -0.05) is 6.07 Å². The van der Waals surface area contributed by atoms with Crippen molar-refractivity contribution < 1.29 is 19.5 Å². The highest BCUT2D eigenvalue weighted by molar-refractivity contribution is 9.10. The van der Waals surface area contributed by atoms with Crippen molar-refractivity contribution >= 4 is 39.4 Å². The SMILES string of the molecule is O=C([O-])c1ccc(N2C(=O)C=CC2=O)c(Br)c1. The van der Waals surface area contributed by atoms with Crippen molar-refractivity contribution in [3.63, 3.8) is 0 Å². The van der Waals surface area contributed by atoms with E-state index in [4.69, 9.17) is 0 Å². The fraction of sp³-hybridized carbons (Fsp3) is 0. The van der Waals surface area contributed by atoms with Gasteiger partial charge in [-0.2, -0.15) is 0 Å². The van der Waals surface area contributed by atoms with Crippen molar-refractivity contribution in [2.45, 2.75) is 0 Å². The van der Waals surface area contributed by atoms with Crippen molar-refractivity contribution in [1.29, 1.82) is 0 Å². The Labute approximate surface area is 104 Å². The minimum absolute atomic E-state index is 0.0346. The number of halogens is 1. The van der Waals surface area contributed by atoms with Crippen LogP contribution in [0.3, 0.4) is 0 Å². The van der Waals surface area contributed by atoms with Crippen LogP contribution in [0.1, 0.15) is 10.4 Å². The monoisotopic (exact) mass is 294 g/mol. The number of hydrogen-bond donors (Lipinski definition) is 0. The molecule has 0 bridgehead atoms. The number of carbonyl (C=O) groups excluding carboxylic acids is 3. The second-order valence-electron chi connectivity index (χ2n) is 3.30. The molecule has 0 saturated heterocycles. The predicted octanol–water partition coefficient (Wildman–Crippen LogP) is 0.242. The van der Waals surface area contributed by atoms with Gasteiger partial charge >= 0.3 is 0 Å². The number of amides is 2. The van der Waals surface area contributed by atoms with Crippen LogP contribution in [0.5, 0.6) is 0 Å². The first-order chi connectivity index (χ1) is 8.00. The summed E-state index contributed by atoms with van der Waals surface area (Å²) in [6.07, 6.45) is 2.31. The molecule has 6 heteroatoms. The maximum atomic E-state index is 11.4. The molecule has 17 heavy (non-hydrogen) atoms. The van der Waals surface area contributed by atoms with Crippen LogP contribution in [0, 0.1) is 0 Å². The topological polar surface area (TPSA) is 77.5 Å². The summed E-state index contributed by atoms with van der Waals surface area (Å²) in [5, 5.41) is 10.6. The Bertz CT molecular complexity index is 547. The van der Waals surface area contributed by atoms with Gasteiger partial charge < -0.3 is 9.90 Å². The molecule has 0 aromatic heterocycles. The average molecular weight is 295 g/mol. The van der Waals surface area contributed by atoms with Gasteiger partial charge in [-0.3, -0.25) is 9.59 Å². The summed E-state index contributed by atoms with van der Waals surface area (Å²) in [6, 6.07) is 3.93. The summed E-state index contributed by atoms with van der Waals surface area (Å²) < 4.78 is 0.338. The molecule has 86 valence electrons. The third-order valence-corrected chi connectivity index (χ3v) is 2.87. The summed E-state index contributed by atoms with van der Waals surface area (Å²) in [6.45, 7) is 0. The van der Waals surface area contributed by atoms with Crippen molar-refractivity contribution in [3.05, 3.63) is 40.4 Å². The Morgan fingerprint density at radius 2 is 1.76 bits per heavy atom. The third kappa shape index (κ3) is 1.99. The first-order valence-electron chi connectivity index (χ1n) is 4.58. The molecule has 0 saturated carbocycles. The molecule has 0 N–H and O–H groups in total. The van der Waals surface area contributed by atoms with Crippen LogP contribution in [0.2, 0.25) is 0 Å². The number of aromatic carboxylic acids is 1. The standard InChI is InChI=1S/C11H6BrNO4/c12-7-5-6(11(16)17)1-2-8(7)13-9(14)3-4-10(13)15/h1-5H,(H,16,17)/p-1. The fourth-order valence-electron chi connectivity index (χ4n) is 1.45. The highest BCUT2D eigenvalue weighted by Crippen LogP contribution is 2.29. The van der Waals surface area contributed by atoms with E-state index in [0.29, 0.717) is 10.2 Å². The maximum absolute atomic E-state index is 11.4. The number of carboxylic acids is 1. The average Bonchev–Trinajstić information content (AvgIpc) is 2.59. The lowest BCUT2D eigenvalue weighted by Gasteiger charge is -2.16. The Hall–Kier alpha value is -1.95. The second kappa shape index (κ2) is 4.14. The Morgan fingerprint density at radius 1 is 1.18 bits per heavy atom. The number of carboxylic acid groups (broad SMARTS) is 1. The van der Waals surface area contributed by atoms with Crippen LogP contribution in [0.25, 0.3) is 0 Å². The van der Waals surface area contributed by atoms with Gasteiger partial charge in [0.1, 0.15) is 0 Å². The van der Waals surface area contributed by atoms with E-state index in [1.807, 2.05) is 0 Å². The van der Waals surface area contributed by atoms with Gasteiger partial charge in [0.25, 0.3) is 11.8 Å². The Kier molecular flexibility index (Phi) is 2.81. The van der Waals surface area contributed by atoms with E-state index in [2.05, 4.69) is 15.9 Å². The fourth-order valence-corrected chi connectivity index (χ4v) is 2.01. The number of nitrogens with zero attached hydrogens (tertiary/aromatic N) is 1. The lowest BCUT2D eigenvalue weighted by Crippen LogP contribution is -2.30. The van der Waals surface area contributed by atoms with Gasteiger partial charge in [0.2, 0.25) is 0 Å². The highest BCUT2D eigenvalue weighted by Gasteiger charge is 2.26. The van der Waals surface area contributed by atoms with Gasteiger partial charge in [-0.25, -0.2) is 4.90 Å². The van der Waals surface area contributed by atoms with Gasteiger partial charge in [0.15, 0.2) is 0 Å². The molecule has 0 spiro atoms. The first kappa shape index (κ1) is 11.5. The van der Waals surface area contributed by atoms with E-state index in [9.17, 15) is 19.5 Å². The summed E-state index contributed by atoms with van der Waals surface area (Å²) in [7, 11) is 0. The molecule has 1 aliphatic rings. The quantitative estimate of drug-likeness (QED) is 0.732. The van der Waals surface area contributed by atoms with Gasteiger partial charge in [-0.15, -0.1) is 0 Å². The summed E-state index contributed by atoms with van der Waals surface area (Å²) in [5.74, 6) is -2.25. The molecule has 0 radical (unpaired) electrons. The van der Waals surface area contributed by atoms with Crippen molar-refractivity contribution in [3.8, 4) is 0 Å². The smallest absolute Gasteiger partial charge is 0.258 e. The normalized spacial score (nSPS) is 14.5. The zero-order valence-electron chi connectivity index (χ0n) is 8.34. The van der Waals surface area contributed by atoms with E-state index >= 15 is 0 Å². The van der Waals surface area contributed by atoms with E-state index in [0.717, 1.165) is 17.1 Å². The molecule has 0 aliphatic carbocycles.